The van der Waals surface area contributed by atoms with Crippen LogP contribution in [0.5, 0.6) is 5.75 Å². The van der Waals surface area contributed by atoms with E-state index in [1.165, 1.54) is 0 Å². The average Bonchev–Trinajstić information content (AvgIpc) is 2.75. The standard InChI is InChI=1S/C24H28N2O4/c1-4-5-12-20-22(30-16-21(27)29-15-17(2)3)19-13-9-14-25-23(19)26(24(20)28)18-10-7-6-8-11-18/h6-11,13-14,17H,4-5,12,15-16H2,1-3H3. The number of nitrogens with zero attached hydrogens (tertiary/aromatic N) is 2. The number of carbonyl (C=O) groups excluding carboxylic acids is 1. The van der Waals surface area contributed by atoms with Gasteiger partial charge in [0, 0.05) is 6.20 Å². The van der Waals surface area contributed by atoms with E-state index in [9.17, 15) is 9.59 Å². The van der Waals surface area contributed by atoms with Gasteiger partial charge in [-0.25, -0.2) is 9.78 Å². The molecular weight excluding hydrogens is 380 g/mol. The number of aromatic nitrogens is 2. The second-order valence-electron chi connectivity index (χ2n) is 7.63. The van der Waals surface area contributed by atoms with Gasteiger partial charge < -0.3 is 9.47 Å². The first-order valence-electron chi connectivity index (χ1n) is 10.4. The Morgan fingerprint density at radius 3 is 2.60 bits per heavy atom. The summed E-state index contributed by atoms with van der Waals surface area (Å²) in [6, 6.07) is 13.1. The third-order valence-corrected chi connectivity index (χ3v) is 4.69. The molecule has 0 radical (unpaired) electrons. The predicted octanol–water partition coefficient (Wildman–Crippen LogP) is 4.31. The molecule has 1 aromatic carbocycles. The number of rotatable bonds is 9. The highest BCUT2D eigenvalue weighted by atomic mass is 16.6. The number of ether oxygens (including phenoxy) is 2. The molecule has 0 N–H and O–H groups in total. The minimum atomic E-state index is -0.450. The first kappa shape index (κ1) is 21.6. The van der Waals surface area contributed by atoms with E-state index in [0.717, 1.165) is 18.5 Å². The molecule has 0 saturated carbocycles. The van der Waals surface area contributed by atoms with Gasteiger partial charge in [0.1, 0.15) is 5.75 Å². The minimum Gasteiger partial charge on any atom is -0.481 e. The SMILES string of the molecule is CCCCc1c(OCC(=O)OCC(C)C)c2cccnc2n(-c2ccccc2)c1=O. The Hall–Kier alpha value is -3.15. The molecular formula is C24H28N2O4. The maximum absolute atomic E-state index is 13.5. The topological polar surface area (TPSA) is 70.4 Å². The van der Waals surface area contributed by atoms with E-state index in [-0.39, 0.29) is 18.1 Å². The van der Waals surface area contributed by atoms with Crippen molar-refractivity contribution in [3.05, 3.63) is 64.6 Å². The highest BCUT2D eigenvalue weighted by Gasteiger charge is 2.20. The number of carbonyl (C=O) groups is 1. The minimum absolute atomic E-state index is 0.175. The van der Waals surface area contributed by atoms with Crippen LogP contribution in [0, 0.1) is 5.92 Å². The first-order valence-corrected chi connectivity index (χ1v) is 10.4. The lowest BCUT2D eigenvalue weighted by molar-refractivity contribution is -0.147. The van der Waals surface area contributed by atoms with Crippen LogP contribution in [0.1, 0.15) is 39.2 Å². The molecule has 0 saturated heterocycles. The molecule has 0 aliphatic heterocycles. The van der Waals surface area contributed by atoms with Gasteiger partial charge in [-0.3, -0.25) is 9.36 Å². The Morgan fingerprint density at radius 2 is 1.90 bits per heavy atom. The summed E-state index contributed by atoms with van der Waals surface area (Å²) in [7, 11) is 0. The number of pyridine rings is 2. The number of hydrogen-bond acceptors (Lipinski definition) is 5. The maximum Gasteiger partial charge on any atom is 0.344 e. The zero-order chi connectivity index (χ0) is 21.5. The van der Waals surface area contributed by atoms with Crippen LogP contribution in [-0.2, 0) is 16.0 Å². The lowest BCUT2D eigenvalue weighted by atomic mass is 10.1. The molecule has 0 bridgehead atoms. The van der Waals surface area contributed by atoms with Gasteiger partial charge in [0.2, 0.25) is 0 Å². The summed E-state index contributed by atoms with van der Waals surface area (Å²) in [6.07, 6.45) is 3.98. The van der Waals surface area contributed by atoms with Crippen LogP contribution in [0.15, 0.2) is 53.5 Å². The number of unbranched alkanes of at least 4 members (excludes halogenated alkanes) is 1. The lowest BCUT2D eigenvalue weighted by Crippen LogP contribution is -2.26. The van der Waals surface area contributed by atoms with Crippen molar-refractivity contribution in [3.63, 3.8) is 0 Å². The fourth-order valence-corrected chi connectivity index (χ4v) is 3.23. The predicted molar refractivity (Wildman–Crippen MR) is 117 cm³/mol. The smallest absolute Gasteiger partial charge is 0.344 e. The summed E-state index contributed by atoms with van der Waals surface area (Å²) in [5.41, 5.74) is 1.62. The molecule has 0 unspecified atom stereocenters. The average molecular weight is 408 g/mol. The molecule has 3 rings (SSSR count). The van der Waals surface area contributed by atoms with Crippen LogP contribution < -0.4 is 10.3 Å². The number of para-hydroxylation sites is 1. The number of fused-ring (bicyclic) bond motifs is 1. The summed E-state index contributed by atoms with van der Waals surface area (Å²) in [5.74, 6) is 0.216. The van der Waals surface area contributed by atoms with E-state index in [2.05, 4.69) is 11.9 Å². The zero-order valence-corrected chi connectivity index (χ0v) is 17.8. The van der Waals surface area contributed by atoms with E-state index < -0.39 is 5.97 Å². The molecule has 0 atom stereocenters. The summed E-state index contributed by atoms with van der Waals surface area (Å²) < 4.78 is 12.7. The highest BCUT2D eigenvalue weighted by molar-refractivity contribution is 5.85. The van der Waals surface area contributed by atoms with Gasteiger partial charge in [-0.1, -0.05) is 45.4 Å². The quantitative estimate of drug-likeness (QED) is 0.494. The Balaban J connectivity index is 2.09. The molecule has 158 valence electrons. The summed E-state index contributed by atoms with van der Waals surface area (Å²) in [5, 5.41) is 0.698. The van der Waals surface area contributed by atoms with E-state index in [1.807, 2.05) is 50.2 Å². The van der Waals surface area contributed by atoms with Crippen LogP contribution >= 0.6 is 0 Å². The normalized spacial score (nSPS) is 11.1. The van der Waals surface area contributed by atoms with E-state index in [0.29, 0.717) is 35.4 Å². The van der Waals surface area contributed by atoms with Crippen LogP contribution in [0.2, 0.25) is 0 Å². The van der Waals surface area contributed by atoms with Gasteiger partial charge in [-0.15, -0.1) is 0 Å². The third kappa shape index (κ3) is 4.87. The molecule has 2 aromatic heterocycles. The Morgan fingerprint density at radius 1 is 1.13 bits per heavy atom. The molecule has 6 heteroatoms. The van der Waals surface area contributed by atoms with Crippen molar-refractivity contribution in [3.8, 4) is 11.4 Å². The monoisotopic (exact) mass is 408 g/mol. The summed E-state index contributed by atoms with van der Waals surface area (Å²) >= 11 is 0. The Kier molecular flexibility index (Phi) is 7.22. The number of hydrogen-bond donors (Lipinski definition) is 0. The van der Waals surface area contributed by atoms with Crippen LogP contribution in [0.4, 0.5) is 0 Å². The van der Waals surface area contributed by atoms with Crippen molar-refractivity contribution in [1.29, 1.82) is 0 Å². The fourth-order valence-electron chi connectivity index (χ4n) is 3.23. The zero-order valence-electron chi connectivity index (χ0n) is 17.8. The van der Waals surface area contributed by atoms with Crippen molar-refractivity contribution >= 4 is 17.0 Å². The third-order valence-electron chi connectivity index (χ3n) is 4.69. The fraction of sp³-hybridized carbons (Fsp3) is 0.375. The molecule has 0 spiro atoms. The largest absolute Gasteiger partial charge is 0.481 e. The maximum atomic E-state index is 13.5. The molecule has 0 aliphatic carbocycles. The van der Waals surface area contributed by atoms with Gasteiger partial charge in [-0.05, 0) is 43.0 Å². The Bertz CT molecular complexity index is 1060. The van der Waals surface area contributed by atoms with Crippen LogP contribution in [0.25, 0.3) is 16.7 Å². The van der Waals surface area contributed by atoms with Crippen molar-refractivity contribution in [2.24, 2.45) is 5.92 Å². The van der Waals surface area contributed by atoms with Crippen molar-refractivity contribution in [2.45, 2.75) is 40.0 Å². The molecule has 0 amide bonds. The van der Waals surface area contributed by atoms with E-state index in [1.54, 1.807) is 16.8 Å². The summed E-state index contributed by atoms with van der Waals surface area (Å²) in [4.78, 5) is 30.1. The molecule has 0 fully saturated rings. The second kappa shape index (κ2) is 10.1. The van der Waals surface area contributed by atoms with Crippen LogP contribution in [0.3, 0.4) is 0 Å². The highest BCUT2D eigenvalue weighted by Crippen LogP contribution is 2.29. The molecule has 0 aliphatic rings. The molecule has 30 heavy (non-hydrogen) atoms. The summed E-state index contributed by atoms with van der Waals surface area (Å²) in [6.45, 7) is 6.11. The first-order chi connectivity index (χ1) is 14.5. The van der Waals surface area contributed by atoms with Gasteiger partial charge in [0.15, 0.2) is 12.3 Å². The van der Waals surface area contributed by atoms with Gasteiger partial charge >= 0.3 is 5.97 Å². The number of esters is 1. The van der Waals surface area contributed by atoms with E-state index in [4.69, 9.17) is 9.47 Å². The molecule has 3 aromatic rings. The van der Waals surface area contributed by atoms with Gasteiger partial charge in [0.25, 0.3) is 5.56 Å². The van der Waals surface area contributed by atoms with Gasteiger partial charge in [-0.2, -0.15) is 0 Å². The van der Waals surface area contributed by atoms with Gasteiger partial charge in [0.05, 0.1) is 23.2 Å². The lowest BCUT2D eigenvalue weighted by Gasteiger charge is -2.17. The molecule has 6 nitrogen and oxygen atoms in total. The van der Waals surface area contributed by atoms with E-state index >= 15 is 0 Å². The van der Waals surface area contributed by atoms with Crippen molar-refractivity contribution in [1.82, 2.24) is 9.55 Å². The van der Waals surface area contributed by atoms with Crippen LogP contribution in [-0.4, -0.2) is 28.7 Å². The molecule has 2 heterocycles. The number of benzene rings is 1. The van der Waals surface area contributed by atoms with Crippen molar-refractivity contribution in [2.75, 3.05) is 13.2 Å². The Labute approximate surface area is 176 Å². The second-order valence-corrected chi connectivity index (χ2v) is 7.63. The van der Waals surface area contributed by atoms with Crippen molar-refractivity contribution < 1.29 is 14.3 Å².